The molecule has 1 fully saturated rings. The van der Waals surface area contributed by atoms with Crippen LogP contribution in [0.2, 0.25) is 0 Å². The van der Waals surface area contributed by atoms with Crippen molar-refractivity contribution in [3.8, 4) is 0 Å². The minimum Gasteiger partial charge on any atom is -0.345 e. The van der Waals surface area contributed by atoms with Crippen LogP contribution in [0.25, 0.3) is 0 Å². The first-order valence-electron chi connectivity index (χ1n) is 7.71. The molecule has 0 spiro atoms. The van der Waals surface area contributed by atoms with Crippen molar-refractivity contribution in [1.82, 2.24) is 4.90 Å². The molecular weight excluding hydrogens is 248 g/mol. The Labute approximate surface area is 122 Å². The van der Waals surface area contributed by atoms with E-state index in [0.29, 0.717) is 18.9 Å². The van der Waals surface area contributed by atoms with Crippen LogP contribution in [0.4, 0.5) is 0 Å². The highest BCUT2D eigenvalue weighted by Crippen LogP contribution is 2.24. The van der Waals surface area contributed by atoms with Crippen molar-refractivity contribution < 1.29 is 4.79 Å². The van der Waals surface area contributed by atoms with Crippen molar-refractivity contribution >= 4 is 5.91 Å². The van der Waals surface area contributed by atoms with Gasteiger partial charge in [0.2, 0.25) is 5.91 Å². The highest BCUT2D eigenvalue weighted by Gasteiger charge is 2.18. The van der Waals surface area contributed by atoms with Gasteiger partial charge < -0.3 is 10.6 Å². The normalized spacial score (nSPS) is 16.1. The number of rotatable bonds is 5. The van der Waals surface area contributed by atoms with E-state index in [-0.39, 0.29) is 5.91 Å². The third kappa shape index (κ3) is 4.07. The van der Waals surface area contributed by atoms with E-state index >= 15 is 0 Å². The van der Waals surface area contributed by atoms with Gasteiger partial charge in [-0.1, -0.05) is 43.5 Å². The Morgan fingerprint density at radius 1 is 1.20 bits per heavy atom. The Bertz CT molecular complexity index is 438. The summed E-state index contributed by atoms with van der Waals surface area (Å²) in [7, 11) is 1.93. The number of nitrogens with zero attached hydrogens (tertiary/aromatic N) is 1. The van der Waals surface area contributed by atoms with Crippen LogP contribution in [0.5, 0.6) is 0 Å². The maximum Gasteiger partial charge on any atom is 0.226 e. The Balaban J connectivity index is 1.90. The van der Waals surface area contributed by atoms with Gasteiger partial charge in [-0.25, -0.2) is 0 Å². The summed E-state index contributed by atoms with van der Waals surface area (Å²) in [4.78, 5) is 14.2. The highest BCUT2D eigenvalue weighted by molar-refractivity contribution is 5.78. The standard InChI is InChI=1S/C17H26N2O/c1-19(13-14-7-3-2-4-8-14)17(20)11-15-9-5-6-10-16(15)12-18/h5-6,9-10,14H,2-4,7-8,11-13,18H2,1H3. The van der Waals surface area contributed by atoms with E-state index in [2.05, 4.69) is 0 Å². The molecule has 3 nitrogen and oxygen atoms in total. The number of hydrogen-bond donors (Lipinski definition) is 1. The number of amides is 1. The summed E-state index contributed by atoms with van der Waals surface area (Å²) in [6, 6.07) is 7.96. The average molecular weight is 274 g/mol. The van der Waals surface area contributed by atoms with Crippen LogP contribution in [0.15, 0.2) is 24.3 Å². The number of benzene rings is 1. The van der Waals surface area contributed by atoms with Crippen molar-refractivity contribution in [2.24, 2.45) is 11.7 Å². The highest BCUT2D eigenvalue weighted by atomic mass is 16.2. The van der Waals surface area contributed by atoms with Gasteiger partial charge in [0.1, 0.15) is 0 Å². The van der Waals surface area contributed by atoms with Crippen molar-refractivity contribution in [2.75, 3.05) is 13.6 Å². The molecule has 110 valence electrons. The Hall–Kier alpha value is -1.35. The second-order valence-corrected chi connectivity index (χ2v) is 5.93. The largest absolute Gasteiger partial charge is 0.345 e. The molecule has 0 atom stereocenters. The quantitative estimate of drug-likeness (QED) is 0.897. The second-order valence-electron chi connectivity index (χ2n) is 5.93. The molecule has 0 heterocycles. The first kappa shape index (κ1) is 15.0. The molecule has 0 radical (unpaired) electrons. The van der Waals surface area contributed by atoms with Gasteiger partial charge in [-0.2, -0.15) is 0 Å². The van der Waals surface area contributed by atoms with Crippen LogP contribution >= 0.6 is 0 Å². The second kappa shape index (κ2) is 7.44. The number of likely N-dealkylation sites (N-methyl/N-ethyl adjacent to an activating group) is 1. The van der Waals surface area contributed by atoms with Crippen LogP contribution in [-0.4, -0.2) is 24.4 Å². The molecule has 0 aromatic heterocycles. The Morgan fingerprint density at radius 2 is 1.85 bits per heavy atom. The third-order valence-electron chi connectivity index (χ3n) is 4.36. The zero-order valence-corrected chi connectivity index (χ0v) is 12.5. The lowest BCUT2D eigenvalue weighted by Gasteiger charge is -2.27. The lowest BCUT2D eigenvalue weighted by Crippen LogP contribution is -2.33. The number of carbonyl (C=O) groups excluding carboxylic acids is 1. The first-order valence-corrected chi connectivity index (χ1v) is 7.71. The first-order chi connectivity index (χ1) is 9.70. The topological polar surface area (TPSA) is 46.3 Å². The lowest BCUT2D eigenvalue weighted by molar-refractivity contribution is -0.129. The summed E-state index contributed by atoms with van der Waals surface area (Å²) in [5.41, 5.74) is 7.87. The minimum atomic E-state index is 0.205. The van der Waals surface area contributed by atoms with Crippen molar-refractivity contribution in [3.05, 3.63) is 35.4 Å². The summed E-state index contributed by atoms with van der Waals surface area (Å²) >= 11 is 0. The smallest absolute Gasteiger partial charge is 0.226 e. The molecule has 0 saturated heterocycles. The molecule has 0 bridgehead atoms. The Kier molecular flexibility index (Phi) is 5.60. The van der Waals surface area contributed by atoms with Gasteiger partial charge in [-0.15, -0.1) is 0 Å². The average Bonchev–Trinajstić information content (AvgIpc) is 2.48. The monoisotopic (exact) mass is 274 g/mol. The SMILES string of the molecule is CN(CC1CCCCC1)C(=O)Cc1ccccc1CN. The van der Waals surface area contributed by atoms with E-state index in [1.54, 1.807) is 0 Å². The predicted molar refractivity (Wildman–Crippen MR) is 82.2 cm³/mol. The van der Waals surface area contributed by atoms with Gasteiger partial charge in [0, 0.05) is 20.1 Å². The van der Waals surface area contributed by atoms with Crippen LogP contribution in [0, 0.1) is 5.92 Å². The summed E-state index contributed by atoms with van der Waals surface area (Å²) < 4.78 is 0. The summed E-state index contributed by atoms with van der Waals surface area (Å²) in [5.74, 6) is 0.902. The molecule has 20 heavy (non-hydrogen) atoms. The summed E-state index contributed by atoms with van der Waals surface area (Å²) in [6.45, 7) is 1.40. The van der Waals surface area contributed by atoms with Crippen LogP contribution in [-0.2, 0) is 17.8 Å². The van der Waals surface area contributed by atoms with Crippen molar-refractivity contribution in [3.63, 3.8) is 0 Å². The molecule has 1 aromatic carbocycles. The fourth-order valence-corrected chi connectivity index (χ4v) is 3.09. The van der Waals surface area contributed by atoms with Gasteiger partial charge in [0.05, 0.1) is 6.42 Å². The molecular formula is C17H26N2O. The zero-order chi connectivity index (χ0) is 14.4. The molecule has 1 aromatic rings. The zero-order valence-electron chi connectivity index (χ0n) is 12.5. The number of hydrogen-bond acceptors (Lipinski definition) is 2. The van der Waals surface area contributed by atoms with Crippen LogP contribution in [0.1, 0.15) is 43.2 Å². The van der Waals surface area contributed by atoms with E-state index in [9.17, 15) is 4.79 Å². The maximum absolute atomic E-state index is 12.3. The molecule has 3 heteroatoms. The molecule has 1 saturated carbocycles. The van der Waals surface area contributed by atoms with E-state index < -0.39 is 0 Å². The van der Waals surface area contributed by atoms with Gasteiger partial charge in [-0.3, -0.25) is 4.79 Å². The fraction of sp³-hybridized carbons (Fsp3) is 0.588. The van der Waals surface area contributed by atoms with E-state index in [1.807, 2.05) is 36.2 Å². The predicted octanol–water partition coefficient (Wildman–Crippen LogP) is 2.73. The number of nitrogens with two attached hydrogens (primary N) is 1. The van der Waals surface area contributed by atoms with Gasteiger partial charge in [0.25, 0.3) is 0 Å². The van der Waals surface area contributed by atoms with E-state index in [0.717, 1.165) is 17.7 Å². The van der Waals surface area contributed by atoms with Crippen molar-refractivity contribution in [1.29, 1.82) is 0 Å². The molecule has 2 N–H and O–H groups in total. The van der Waals surface area contributed by atoms with Gasteiger partial charge in [-0.05, 0) is 29.9 Å². The Morgan fingerprint density at radius 3 is 2.50 bits per heavy atom. The van der Waals surface area contributed by atoms with Crippen LogP contribution < -0.4 is 5.73 Å². The van der Waals surface area contributed by atoms with Gasteiger partial charge in [0.15, 0.2) is 0 Å². The van der Waals surface area contributed by atoms with Crippen LogP contribution in [0.3, 0.4) is 0 Å². The maximum atomic E-state index is 12.3. The lowest BCUT2D eigenvalue weighted by atomic mass is 9.89. The number of carbonyl (C=O) groups is 1. The summed E-state index contributed by atoms with van der Waals surface area (Å²) in [6.07, 6.45) is 7.02. The minimum absolute atomic E-state index is 0.205. The van der Waals surface area contributed by atoms with Gasteiger partial charge >= 0.3 is 0 Å². The van der Waals surface area contributed by atoms with E-state index in [4.69, 9.17) is 5.73 Å². The molecule has 1 aliphatic carbocycles. The third-order valence-corrected chi connectivity index (χ3v) is 4.36. The fourth-order valence-electron chi connectivity index (χ4n) is 3.09. The molecule has 2 rings (SSSR count). The molecule has 1 amide bonds. The summed E-state index contributed by atoms with van der Waals surface area (Å²) in [5, 5.41) is 0. The molecule has 0 aliphatic heterocycles. The van der Waals surface area contributed by atoms with Crippen molar-refractivity contribution in [2.45, 2.75) is 45.1 Å². The molecule has 1 aliphatic rings. The van der Waals surface area contributed by atoms with E-state index in [1.165, 1.54) is 32.1 Å². The molecule has 0 unspecified atom stereocenters.